The minimum absolute atomic E-state index is 0.122. The highest BCUT2D eigenvalue weighted by Crippen LogP contribution is 2.26. The van der Waals surface area contributed by atoms with Crippen molar-refractivity contribution < 1.29 is 22.4 Å². The molecule has 6 nitrogen and oxygen atoms in total. The third-order valence-corrected chi connectivity index (χ3v) is 7.50. The fourth-order valence-corrected chi connectivity index (χ4v) is 5.21. The number of hydrogen-bond donors (Lipinski definition) is 0. The van der Waals surface area contributed by atoms with E-state index in [1.54, 1.807) is 17.0 Å². The minimum Gasteiger partial charge on any atom is -0.327 e. The molecule has 1 fully saturated rings. The first-order chi connectivity index (χ1) is 15.2. The van der Waals surface area contributed by atoms with E-state index in [0.717, 1.165) is 5.56 Å². The van der Waals surface area contributed by atoms with E-state index >= 15 is 0 Å². The summed E-state index contributed by atoms with van der Waals surface area (Å²) in [7, 11) is -3.71. The molecular formula is C24H25FN2O4S. The quantitative estimate of drug-likeness (QED) is 0.474. The van der Waals surface area contributed by atoms with E-state index in [1.807, 2.05) is 0 Å². The summed E-state index contributed by atoms with van der Waals surface area (Å²) in [4.78, 5) is 26.1. The van der Waals surface area contributed by atoms with Crippen molar-refractivity contribution in [1.82, 2.24) is 9.21 Å². The predicted octanol–water partition coefficient (Wildman–Crippen LogP) is 3.09. The number of halogens is 1. The monoisotopic (exact) mass is 456 g/mol. The van der Waals surface area contributed by atoms with Crippen molar-refractivity contribution in [3.63, 3.8) is 0 Å². The highest BCUT2D eigenvalue weighted by molar-refractivity contribution is 7.89. The van der Waals surface area contributed by atoms with Gasteiger partial charge in [-0.1, -0.05) is 30.2 Å². The Kier molecular flexibility index (Phi) is 7.44. The van der Waals surface area contributed by atoms with Gasteiger partial charge in [0, 0.05) is 31.1 Å². The van der Waals surface area contributed by atoms with Crippen LogP contribution in [0.15, 0.2) is 53.4 Å². The number of hydrogen-bond acceptors (Lipinski definition) is 4. The fourth-order valence-electron chi connectivity index (χ4n) is 3.74. The Morgan fingerprint density at radius 2 is 1.69 bits per heavy atom. The van der Waals surface area contributed by atoms with E-state index in [0.29, 0.717) is 18.4 Å². The van der Waals surface area contributed by atoms with Crippen molar-refractivity contribution in [2.75, 3.05) is 19.6 Å². The van der Waals surface area contributed by atoms with Crippen molar-refractivity contribution in [2.24, 2.45) is 5.92 Å². The normalized spacial score (nSPS) is 15.2. The number of carbonyl (C=O) groups is 2. The van der Waals surface area contributed by atoms with Crippen molar-refractivity contribution in [1.29, 1.82) is 0 Å². The number of piperidine rings is 1. The lowest BCUT2D eigenvalue weighted by molar-refractivity contribution is -0.136. The lowest BCUT2D eigenvalue weighted by Gasteiger charge is -2.33. The van der Waals surface area contributed by atoms with Crippen molar-refractivity contribution in [2.45, 2.75) is 31.2 Å². The third kappa shape index (κ3) is 5.42. The van der Waals surface area contributed by atoms with Crippen molar-refractivity contribution in [3.8, 4) is 12.3 Å². The number of benzene rings is 2. The highest BCUT2D eigenvalue weighted by Gasteiger charge is 2.33. The van der Waals surface area contributed by atoms with Gasteiger partial charge < -0.3 is 4.90 Å². The topological polar surface area (TPSA) is 74.8 Å². The molecule has 0 saturated carbocycles. The molecule has 3 rings (SSSR count). The molecule has 0 atom stereocenters. The summed E-state index contributed by atoms with van der Waals surface area (Å²) in [6.45, 7) is 2.24. The number of rotatable bonds is 7. The standard InChI is InChI=1S/C24H25FN2O4S/c1-3-14-26(17-19-4-8-22(25)9-5-19)24(29)21-12-15-27(16-13-21)32(30,31)23-10-6-20(7-11-23)18(2)28/h1,4-11,21H,12-17H2,2H3. The van der Waals surface area contributed by atoms with Gasteiger partial charge in [0.05, 0.1) is 11.4 Å². The number of carbonyl (C=O) groups excluding carboxylic acids is 2. The van der Waals surface area contributed by atoms with Crippen LogP contribution in [-0.2, 0) is 21.4 Å². The Morgan fingerprint density at radius 3 is 2.22 bits per heavy atom. The molecule has 32 heavy (non-hydrogen) atoms. The van der Waals surface area contributed by atoms with E-state index in [-0.39, 0.29) is 54.5 Å². The molecule has 0 radical (unpaired) electrons. The average Bonchev–Trinajstić information content (AvgIpc) is 2.80. The first-order valence-electron chi connectivity index (χ1n) is 10.3. The van der Waals surface area contributed by atoms with Gasteiger partial charge in [-0.2, -0.15) is 4.31 Å². The smallest absolute Gasteiger partial charge is 0.243 e. The van der Waals surface area contributed by atoms with Crippen molar-refractivity contribution >= 4 is 21.7 Å². The van der Waals surface area contributed by atoms with Gasteiger partial charge in [0.25, 0.3) is 0 Å². The Hall–Kier alpha value is -3.02. The highest BCUT2D eigenvalue weighted by atomic mass is 32.2. The molecule has 0 N–H and O–H groups in total. The molecule has 0 aliphatic carbocycles. The maximum absolute atomic E-state index is 13.2. The van der Waals surface area contributed by atoms with E-state index in [1.165, 1.54) is 47.6 Å². The lowest BCUT2D eigenvalue weighted by atomic mass is 9.96. The van der Waals surface area contributed by atoms with Crippen LogP contribution in [0.3, 0.4) is 0 Å². The van der Waals surface area contributed by atoms with E-state index in [2.05, 4.69) is 5.92 Å². The number of ketones is 1. The number of terminal acetylenes is 1. The summed E-state index contributed by atoms with van der Waals surface area (Å²) < 4.78 is 40.4. The number of sulfonamides is 1. The first-order valence-corrected chi connectivity index (χ1v) is 11.7. The zero-order valence-electron chi connectivity index (χ0n) is 17.8. The Labute approximate surface area is 188 Å². The van der Waals surface area contributed by atoms with Crippen LogP contribution in [0.4, 0.5) is 4.39 Å². The van der Waals surface area contributed by atoms with E-state index < -0.39 is 10.0 Å². The molecule has 1 amide bonds. The second-order valence-corrected chi connectivity index (χ2v) is 9.72. The second-order valence-electron chi connectivity index (χ2n) is 7.78. The SMILES string of the molecule is C#CCN(Cc1ccc(F)cc1)C(=O)C1CCN(S(=O)(=O)c2ccc(C(C)=O)cc2)CC1. The summed E-state index contributed by atoms with van der Waals surface area (Å²) >= 11 is 0. The van der Waals surface area contributed by atoms with Gasteiger partial charge in [-0.25, -0.2) is 12.8 Å². The van der Waals surface area contributed by atoms with Crippen LogP contribution in [-0.4, -0.2) is 48.9 Å². The van der Waals surface area contributed by atoms with Gasteiger partial charge >= 0.3 is 0 Å². The molecule has 168 valence electrons. The molecule has 0 aromatic heterocycles. The van der Waals surface area contributed by atoms with Crippen LogP contribution in [0.5, 0.6) is 0 Å². The Morgan fingerprint density at radius 1 is 1.09 bits per heavy atom. The summed E-state index contributed by atoms with van der Waals surface area (Å²) in [6, 6.07) is 11.7. The maximum Gasteiger partial charge on any atom is 0.243 e. The molecule has 0 unspecified atom stereocenters. The zero-order chi connectivity index (χ0) is 23.3. The third-order valence-electron chi connectivity index (χ3n) is 5.58. The average molecular weight is 457 g/mol. The predicted molar refractivity (Wildman–Crippen MR) is 119 cm³/mol. The zero-order valence-corrected chi connectivity index (χ0v) is 18.6. The van der Waals surface area contributed by atoms with Crippen molar-refractivity contribution in [3.05, 3.63) is 65.5 Å². The van der Waals surface area contributed by atoms with Crippen LogP contribution >= 0.6 is 0 Å². The Bertz CT molecular complexity index is 1110. The molecule has 1 aliphatic rings. The summed E-state index contributed by atoms with van der Waals surface area (Å²) in [5, 5.41) is 0. The van der Waals surface area contributed by atoms with Crippen LogP contribution < -0.4 is 0 Å². The number of Topliss-reactive ketones (excluding diaryl/α,β-unsaturated/α-hetero) is 1. The first kappa shape index (κ1) is 23.6. The second kappa shape index (κ2) is 10.1. The van der Waals surface area contributed by atoms with Crippen LogP contribution in [0, 0.1) is 24.1 Å². The molecule has 2 aromatic rings. The molecule has 2 aromatic carbocycles. The molecule has 0 spiro atoms. The van der Waals surface area contributed by atoms with Crippen LogP contribution in [0.1, 0.15) is 35.7 Å². The summed E-state index contributed by atoms with van der Waals surface area (Å²) in [5.41, 5.74) is 1.21. The van der Waals surface area contributed by atoms with Gasteiger partial charge in [0.1, 0.15) is 5.82 Å². The van der Waals surface area contributed by atoms with Gasteiger partial charge in [0.2, 0.25) is 15.9 Å². The molecule has 1 aliphatic heterocycles. The maximum atomic E-state index is 13.2. The van der Waals surface area contributed by atoms with E-state index in [9.17, 15) is 22.4 Å². The number of nitrogens with zero attached hydrogens (tertiary/aromatic N) is 2. The number of amides is 1. The largest absolute Gasteiger partial charge is 0.327 e. The molecular weight excluding hydrogens is 431 g/mol. The summed E-state index contributed by atoms with van der Waals surface area (Å²) in [5.74, 6) is 1.53. The van der Waals surface area contributed by atoms with Crippen LogP contribution in [0.2, 0.25) is 0 Å². The van der Waals surface area contributed by atoms with Gasteiger partial charge in [0.15, 0.2) is 5.78 Å². The minimum atomic E-state index is -3.71. The molecule has 1 heterocycles. The molecule has 1 saturated heterocycles. The van der Waals surface area contributed by atoms with Gasteiger partial charge in [-0.3, -0.25) is 9.59 Å². The van der Waals surface area contributed by atoms with E-state index in [4.69, 9.17) is 6.42 Å². The lowest BCUT2D eigenvalue weighted by Crippen LogP contribution is -2.44. The molecule has 8 heteroatoms. The fraction of sp³-hybridized carbons (Fsp3) is 0.333. The van der Waals surface area contributed by atoms with Crippen LogP contribution in [0.25, 0.3) is 0 Å². The Balaban J connectivity index is 1.65. The summed E-state index contributed by atoms with van der Waals surface area (Å²) in [6.07, 6.45) is 6.20. The van der Waals surface area contributed by atoms with Gasteiger partial charge in [-0.15, -0.1) is 6.42 Å². The van der Waals surface area contributed by atoms with Gasteiger partial charge in [-0.05, 0) is 49.6 Å². The molecule has 0 bridgehead atoms.